The van der Waals surface area contributed by atoms with Gasteiger partial charge in [0.15, 0.2) is 0 Å². The summed E-state index contributed by atoms with van der Waals surface area (Å²) in [5, 5.41) is 8.89. The Morgan fingerprint density at radius 1 is 1.30 bits per heavy atom. The second kappa shape index (κ2) is 6.52. The van der Waals surface area contributed by atoms with E-state index in [1.165, 1.54) is 0 Å². The second-order valence-corrected chi connectivity index (χ2v) is 5.13. The van der Waals surface area contributed by atoms with Crippen molar-refractivity contribution < 1.29 is 14.7 Å². The van der Waals surface area contributed by atoms with Crippen LogP contribution in [0.25, 0.3) is 0 Å². The van der Waals surface area contributed by atoms with Crippen LogP contribution in [0.1, 0.15) is 30.4 Å². The minimum atomic E-state index is -0.850. The fraction of sp³-hybridized carbons (Fsp3) is 0.467. The molecule has 1 aromatic carbocycles. The highest BCUT2D eigenvalue weighted by Crippen LogP contribution is 2.22. The van der Waals surface area contributed by atoms with Gasteiger partial charge < -0.3 is 15.7 Å². The summed E-state index contributed by atoms with van der Waals surface area (Å²) < 4.78 is 0. The first-order valence-corrected chi connectivity index (χ1v) is 6.90. The maximum absolute atomic E-state index is 12.4. The molecule has 0 saturated carbocycles. The number of aliphatic carboxylic acids is 1. The molecule has 1 heterocycles. The molecule has 1 aliphatic rings. The van der Waals surface area contributed by atoms with Crippen LogP contribution in [0.2, 0.25) is 0 Å². The quantitative estimate of drug-likeness (QED) is 0.845. The van der Waals surface area contributed by atoms with Crippen molar-refractivity contribution in [3.8, 4) is 0 Å². The van der Waals surface area contributed by atoms with E-state index in [0.717, 1.165) is 24.0 Å². The molecule has 108 valence electrons. The van der Waals surface area contributed by atoms with E-state index >= 15 is 0 Å². The van der Waals surface area contributed by atoms with Crippen LogP contribution in [0.15, 0.2) is 24.3 Å². The van der Waals surface area contributed by atoms with Crippen molar-refractivity contribution in [1.29, 1.82) is 0 Å². The normalized spacial score (nSPS) is 18.2. The van der Waals surface area contributed by atoms with Crippen LogP contribution in [-0.4, -0.2) is 34.5 Å². The summed E-state index contributed by atoms with van der Waals surface area (Å²) in [4.78, 5) is 24.9. The van der Waals surface area contributed by atoms with Gasteiger partial charge in [0.2, 0.25) is 5.91 Å². The maximum atomic E-state index is 12.4. The molecule has 1 aromatic rings. The Bertz CT molecular complexity index is 502. The Balaban J connectivity index is 2.05. The SMILES string of the molecule is NCc1ccccc1CC(=O)N1CCCC1CC(=O)O. The number of nitrogens with two attached hydrogens (primary N) is 1. The molecule has 0 aromatic heterocycles. The van der Waals surface area contributed by atoms with Crippen LogP contribution in [0.4, 0.5) is 0 Å². The van der Waals surface area contributed by atoms with Crippen molar-refractivity contribution in [2.24, 2.45) is 5.73 Å². The maximum Gasteiger partial charge on any atom is 0.305 e. The highest BCUT2D eigenvalue weighted by Gasteiger charge is 2.30. The Morgan fingerprint density at radius 3 is 2.65 bits per heavy atom. The fourth-order valence-electron chi connectivity index (χ4n) is 2.77. The van der Waals surface area contributed by atoms with E-state index in [0.29, 0.717) is 19.5 Å². The number of carbonyl (C=O) groups excluding carboxylic acids is 1. The van der Waals surface area contributed by atoms with Crippen molar-refractivity contribution in [2.45, 2.75) is 38.3 Å². The number of carboxylic acids is 1. The van der Waals surface area contributed by atoms with Gasteiger partial charge in [-0.3, -0.25) is 9.59 Å². The number of carboxylic acid groups (broad SMARTS) is 1. The molecule has 1 atom stereocenters. The van der Waals surface area contributed by atoms with E-state index in [4.69, 9.17) is 10.8 Å². The molecule has 3 N–H and O–H groups in total. The van der Waals surface area contributed by atoms with Crippen LogP contribution < -0.4 is 5.73 Å². The Hall–Kier alpha value is -1.88. The van der Waals surface area contributed by atoms with E-state index in [-0.39, 0.29) is 18.4 Å². The Labute approximate surface area is 118 Å². The van der Waals surface area contributed by atoms with Gasteiger partial charge in [-0.15, -0.1) is 0 Å². The highest BCUT2D eigenvalue weighted by atomic mass is 16.4. The average molecular weight is 276 g/mol. The molecule has 0 radical (unpaired) electrons. The summed E-state index contributed by atoms with van der Waals surface area (Å²) in [7, 11) is 0. The van der Waals surface area contributed by atoms with Crippen LogP contribution in [-0.2, 0) is 22.6 Å². The first kappa shape index (κ1) is 14.5. The molecule has 2 rings (SSSR count). The number of likely N-dealkylation sites (tertiary alicyclic amines) is 1. The molecule has 0 bridgehead atoms. The van der Waals surface area contributed by atoms with Gasteiger partial charge >= 0.3 is 5.97 Å². The van der Waals surface area contributed by atoms with Crippen LogP contribution in [0, 0.1) is 0 Å². The summed E-state index contributed by atoms with van der Waals surface area (Å²) in [5.41, 5.74) is 7.57. The molecule has 5 nitrogen and oxygen atoms in total. The molecule has 0 aliphatic carbocycles. The molecule has 1 saturated heterocycles. The van der Waals surface area contributed by atoms with Crippen molar-refractivity contribution in [1.82, 2.24) is 4.90 Å². The first-order valence-electron chi connectivity index (χ1n) is 6.90. The molecule has 0 spiro atoms. The van der Waals surface area contributed by atoms with Crippen LogP contribution in [0.5, 0.6) is 0 Å². The summed E-state index contributed by atoms with van der Waals surface area (Å²) in [6.45, 7) is 1.06. The number of benzene rings is 1. The van der Waals surface area contributed by atoms with Crippen molar-refractivity contribution in [3.05, 3.63) is 35.4 Å². The number of amides is 1. The third-order valence-corrected chi connectivity index (χ3v) is 3.79. The lowest BCUT2D eigenvalue weighted by Crippen LogP contribution is -2.38. The molecular formula is C15H20N2O3. The van der Waals surface area contributed by atoms with Crippen LogP contribution >= 0.6 is 0 Å². The lowest BCUT2D eigenvalue weighted by atomic mass is 10.0. The van der Waals surface area contributed by atoms with Gasteiger partial charge in [0, 0.05) is 19.1 Å². The van der Waals surface area contributed by atoms with Crippen molar-refractivity contribution in [2.75, 3.05) is 6.54 Å². The summed E-state index contributed by atoms with van der Waals surface area (Å²) >= 11 is 0. The number of carbonyl (C=O) groups is 2. The third kappa shape index (κ3) is 3.36. The lowest BCUT2D eigenvalue weighted by Gasteiger charge is -2.24. The number of rotatable bonds is 5. The predicted molar refractivity (Wildman–Crippen MR) is 75.0 cm³/mol. The van der Waals surface area contributed by atoms with Crippen molar-refractivity contribution in [3.63, 3.8) is 0 Å². The molecule has 1 amide bonds. The van der Waals surface area contributed by atoms with E-state index < -0.39 is 5.97 Å². The van der Waals surface area contributed by atoms with Crippen molar-refractivity contribution >= 4 is 11.9 Å². The third-order valence-electron chi connectivity index (χ3n) is 3.79. The van der Waals surface area contributed by atoms with Gasteiger partial charge in [-0.2, -0.15) is 0 Å². The van der Waals surface area contributed by atoms with Gasteiger partial charge in [-0.25, -0.2) is 0 Å². The largest absolute Gasteiger partial charge is 0.481 e. The monoisotopic (exact) mass is 276 g/mol. The Morgan fingerprint density at radius 2 is 2.00 bits per heavy atom. The van der Waals surface area contributed by atoms with E-state index in [9.17, 15) is 9.59 Å². The number of nitrogens with zero attached hydrogens (tertiary/aromatic N) is 1. The first-order chi connectivity index (χ1) is 9.61. The van der Waals surface area contributed by atoms with Gasteiger partial charge in [0.05, 0.1) is 12.8 Å². The zero-order valence-electron chi connectivity index (χ0n) is 11.4. The van der Waals surface area contributed by atoms with E-state index in [2.05, 4.69) is 0 Å². The molecular weight excluding hydrogens is 256 g/mol. The summed E-state index contributed by atoms with van der Waals surface area (Å²) in [5.74, 6) is -0.855. The minimum Gasteiger partial charge on any atom is -0.481 e. The highest BCUT2D eigenvalue weighted by molar-refractivity contribution is 5.80. The van der Waals surface area contributed by atoms with Crippen LogP contribution in [0.3, 0.4) is 0 Å². The molecule has 1 fully saturated rings. The number of hydrogen-bond acceptors (Lipinski definition) is 3. The average Bonchev–Trinajstić information content (AvgIpc) is 2.86. The van der Waals surface area contributed by atoms with E-state index in [1.54, 1.807) is 4.90 Å². The lowest BCUT2D eigenvalue weighted by molar-refractivity contribution is -0.139. The standard InChI is InChI=1S/C15H20N2O3/c16-10-12-5-2-1-4-11(12)8-14(18)17-7-3-6-13(17)9-15(19)20/h1-2,4-5,13H,3,6-10,16H2,(H,19,20). The van der Waals surface area contributed by atoms with Gasteiger partial charge in [0.25, 0.3) is 0 Å². The van der Waals surface area contributed by atoms with Gasteiger partial charge in [0.1, 0.15) is 0 Å². The minimum absolute atomic E-state index is 0.00495. The Kier molecular flexibility index (Phi) is 4.74. The van der Waals surface area contributed by atoms with Gasteiger partial charge in [-0.1, -0.05) is 24.3 Å². The summed E-state index contributed by atoms with van der Waals surface area (Å²) in [6, 6.07) is 7.45. The fourth-order valence-corrected chi connectivity index (χ4v) is 2.77. The smallest absolute Gasteiger partial charge is 0.305 e. The van der Waals surface area contributed by atoms with Gasteiger partial charge in [-0.05, 0) is 24.0 Å². The second-order valence-electron chi connectivity index (χ2n) is 5.13. The molecule has 1 unspecified atom stereocenters. The molecule has 20 heavy (non-hydrogen) atoms. The number of hydrogen-bond donors (Lipinski definition) is 2. The molecule has 5 heteroatoms. The van der Waals surface area contributed by atoms with E-state index in [1.807, 2.05) is 24.3 Å². The predicted octanol–water partition coefficient (Wildman–Crippen LogP) is 1.15. The topological polar surface area (TPSA) is 83.6 Å². The summed E-state index contributed by atoms with van der Waals surface area (Å²) in [6.07, 6.45) is 1.98. The zero-order chi connectivity index (χ0) is 14.5. The zero-order valence-corrected chi connectivity index (χ0v) is 11.4. The molecule has 1 aliphatic heterocycles.